The molecule has 154 valence electrons. The van der Waals surface area contributed by atoms with E-state index in [0.29, 0.717) is 0 Å². The van der Waals surface area contributed by atoms with Crippen LogP contribution in [0.2, 0.25) is 0 Å². The van der Waals surface area contributed by atoms with Crippen molar-refractivity contribution < 1.29 is 28.5 Å². The molecule has 0 N–H and O–H groups in total. The van der Waals surface area contributed by atoms with E-state index in [1.165, 1.54) is 120 Å². The molecule has 0 rings (SSSR count). The first-order valence-electron chi connectivity index (χ1n) is 11.0. The molecule has 0 aliphatic heterocycles. The Kier molecular flexibility index (Phi) is 24.4. The summed E-state index contributed by atoms with van der Waals surface area (Å²) < 4.78 is 1.21. The first kappa shape index (κ1) is 28.4. The summed E-state index contributed by atoms with van der Waals surface area (Å²) >= 11 is 3.53. The Labute approximate surface area is 185 Å². The Balaban J connectivity index is 0. The third-order valence-corrected chi connectivity index (χ3v) is 5.82. The molecule has 0 aromatic heterocycles. The molecule has 3 heteroatoms. The maximum absolute atomic E-state index is 3.53. The van der Waals surface area contributed by atoms with Gasteiger partial charge in [-0.3, -0.25) is 0 Å². The van der Waals surface area contributed by atoms with E-state index in [0.717, 1.165) is 5.33 Å². The van der Waals surface area contributed by atoms with Crippen molar-refractivity contribution in [3.8, 4) is 0 Å². The Morgan fingerprint density at radius 1 is 0.520 bits per heavy atom. The Hall–Kier alpha value is 1.17. The van der Waals surface area contributed by atoms with Gasteiger partial charge in [0.2, 0.25) is 0 Å². The molecule has 0 aliphatic rings. The molecule has 0 heterocycles. The van der Waals surface area contributed by atoms with Crippen LogP contribution in [0.5, 0.6) is 0 Å². The minimum Gasteiger partial charge on any atom is -1.00 e. The fraction of sp³-hybridized carbons (Fsp3) is 1.00. The van der Waals surface area contributed by atoms with Crippen LogP contribution in [-0.4, -0.2) is 37.0 Å². The lowest BCUT2D eigenvalue weighted by Gasteiger charge is -2.29. The van der Waals surface area contributed by atoms with Crippen molar-refractivity contribution in [2.24, 2.45) is 0 Å². The molecule has 0 bridgehead atoms. The molecule has 0 saturated carbocycles. The van der Waals surface area contributed by atoms with E-state index in [2.05, 4.69) is 36.9 Å². The molecule has 0 unspecified atom stereocenters. The van der Waals surface area contributed by atoms with Crippen molar-refractivity contribution in [1.29, 1.82) is 0 Å². The Morgan fingerprint density at radius 2 is 0.840 bits per heavy atom. The van der Waals surface area contributed by atoms with Crippen LogP contribution in [0.15, 0.2) is 0 Å². The minimum absolute atomic E-state index is 0. The summed E-state index contributed by atoms with van der Waals surface area (Å²) in [6.45, 7) is 5.00. The SMILES string of the molecule is CCCCCCCCCCCCCCCC[N+](C)(C)CCCCBr.[I-]. The zero-order chi connectivity index (χ0) is 17.9. The molecule has 0 amide bonds. The van der Waals surface area contributed by atoms with Crippen LogP contribution in [0.3, 0.4) is 0 Å². The molecule has 0 atom stereocenters. The number of unbranched alkanes of at least 4 members (excludes halogenated alkanes) is 14. The summed E-state index contributed by atoms with van der Waals surface area (Å²) in [5.41, 5.74) is 0. The first-order chi connectivity index (χ1) is 11.6. The lowest BCUT2D eigenvalue weighted by atomic mass is 10.0. The molecular formula is C22H47BrIN. The van der Waals surface area contributed by atoms with E-state index in [-0.39, 0.29) is 24.0 Å². The van der Waals surface area contributed by atoms with Crippen molar-refractivity contribution in [2.45, 2.75) is 110 Å². The largest absolute Gasteiger partial charge is 1.00 e. The van der Waals surface area contributed by atoms with Gasteiger partial charge in [0.25, 0.3) is 0 Å². The first-order valence-corrected chi connectivity index (χ1v) is 12.1. The number of nitrogens with zero attached hydrogens (tertiary/aromatic N) is 1. The van der Waals surface area contributed by atoms with Crippen LogP contribution < -0.4 is 24.0 Å². The maximum Gasteiger partial charge on any atom is 0.0782 e. The molecule has 25 heavy (non-hydrogen) atoms. The Morgan fingerprint density at radius 3 is 1.20 bits per heavy atom. The normalized spacial score (nSPS) is 11.5. The number of hydrogen-bond acceptors (Lipinski definition) is 0. The van der Waals surface area contributed by atoms with Crippen LogP contribution >= 0.6 is 15.9 Å². The van der Waals surface area contributed by atoms with Gasteiger partial charge in [-0.05, 0) is 25.7 Å². The van der Waals surface area contributed by atoms with E-state index in [9.17, 15) is 0 Å². The predicted molar refractivity (Wildman–Crippen MR) is 115 cm³/mol. The number of rotatable bonds is 19. The molecule has 0 aliphatic carbocycles. The molecule has 1 nitrogen and oxygen atoms in total. The zero-order valence-electron chi connectivity index (χ0n) is 17.6. The van der Waals surface area contributed by atoms with Gasteiger partial charge >= 0.3 is 0 Å². The van der Waals surface area contributed by atoms with E-state index in [4.69, 9.17) is 0 Å². The van der Waals surface area contributed by atoms with Gasteiger partial charge < -0.3 is 28.5 Å². The highest BCUT2D eigenvalue weighted by atomic mass is 127. The van der Waals surface area contributed by atoms with Crippen LogP contribution in [0.4, 0.5) is 0 Å². The smallest absolute Gasteiger partial charge is 0.0782 e. The second-order valence-electron chi connectivity index (χ2n) is 8.38. The quantitative estimate of drug-likeness (QED) is 0.0978. The summed E-state index contributed by atoms with van der Waals surface area (Å²) in [6.07, 6.45) is 23.1. The maximum atomic E-state index is 3.53. The molecule has 0 radical (unpaired) electrons. The number of quaternary nitrogens is 1. The summed E-state index contributed by atoms with van der Waals surface area (Å²) in [6, 6.07) is 0. The van der Waals surface area contributed by atoms with Gasteiger partial charge in [0.15, 0.2) is 0 Å². The lowest BCUT2D eigenvalue weighted by molar-refractivity contribution is -0.890. The monoisotopic (exact) mass is 531 g/mol. The van der Waals surface area contributed by atoms with Gasteiger partial charge in [-0.15, -0.1) is 0 Å². The van der Waals surface area contributed by atoms with Crippen LogP contribution in [0.25, 0.3) is 0 Å². The van der Waals surface area contributed by atoms with E-state index < -0.39 is 0 Å². The molecule has 0 aromatic rings. The molecule has 0 fully saturated rings. The van der Waals surface area contributed by atoms with Crippen molar-refractivity contribution in [2.75, 3.05) is 32.5 Å². The average molecular weight is 532 g/mol. The molecule has 0 spiro atoms. The van der Waals surface area contributed by atoms with Gasteiger partial charge in [0, 0.05) is 5.33 Å². The van der Waals surface area contributed by atoms with Crippen LogP contribution in [0.1, 0.15) is 110 Å². The lowest BCUT2D eigenvalue weighted by Crippen LogP contribution is -3.00. The standard InChI is InChI=1S/C22H47BrN.HI/c1-4-5-6-7-8-9-10-11-12-13-14-15-16-18-21-24(2,3)22-19-17-20-23;/h4-22H2,1-3H3;1H/q+1;/p-1. The fourth-order valence-electron chi connectivity index (χ4n) is 3.48. The van der Waals surface area contributed by atoms with Crippen molar-refractivity contribution in [3.63, 3.8) is 0 Å². The van der Waals surface area contributed by atoms with E-state index in [1.54, 1.807) is 0 Å². The minimum atomic E-state index is 0. The Bertz CT molecular complexity index is 246. The van der Waals surface area contributed by atoms with E-state index in [1.807, 2.05) is 0 Å². The second-order valence-corrected chi connectivity index (χ2v) is 9.17. The third kappa shape index (κ3) is 23.1. The van der Waals surface area contributed by atoms with Gasteiger partial charge in [0.05, 0.1) is 27.2 Å². The molecular weight excluding hydrogens is 485 g/mol. The van der Waals surface area contributed by atoms with Gasteiger partial charge in [0.1, 0.15) is 0 Å². The average Bonchev–Trinajstić information content (AvgIpc) is 2.55. The number of halogens is 2. The summed E-state index contributed by atoms with van der Waals surface area (Å²) in [5.74, 6) is 0. The predicted octanol–water partition coefficient (Wildman–Crippen LogP) is 4.72. The van der Waals surface area contributed by atoms with Crippen molar-refractivity contribution in [1.82, 2.24) is 0 Å². The molecule has 0 saturated heterocycles. The van der Waals surface area contributed by atoms with Crippen molar-refractivity contribution >= 4 is 15.9 Å². The van der Waals surface area contributed by atoms with Crippen molar-refractivity contribution in [3.05, 3.63) is 0 Å². The topological polar surface area (TPSA) is 0 Å². The van der Waals surface area contributed by atoms with Crippen LogP contribution in [0, 0.1) is 0 Å². The number of alkyl halides is 1. The van der Waals surface area contributed by atoms with Crippen LogP contribution in [-0.2, 0) is 0 Å². The fourth-order valence-corrected chi connectivity index (χ4v) is 3.88. The zero-order valence-corrected chi connectivity index (χ0v) is 21.4. The van der Waals surface area contributed by atoms with E-state index >= 15 is 0 Å². The molecule has 0 aromatic carbocycles. The number of hydrogen-bond donors (Lipinski definition) is 0. The van der Waals surface area contributed by atoms with Gasteiger partial charge in [-0.2, -0.15) is 0 Å². The highest BCUT2D eigenvalue weighted by molar-refractivity contribution is 9.09. The highest BCUT2D eigenvalue weighted by Gasteiger charge is 2.13. The summed E-state index contributed by atoms with van der Waals surface area (Å²) in [7, 11) is 4.80. The second kappa shape index (κ2) is 21.5. The summed E-state index contributed by atoms with van der Waals surface area (Å²) in [4.78, 5) is 0. The summed E-state index contributed by atoms with van der Waals surface area (Å²) in [5, 5.41) is 1.16. The third-order valence-electron chi connectivity index (χ3n) is 5.26. The van der Waals surface area contributed by atoms with Gasteiger partial charge in [-0.25, -0.2) is 0 Å². The van der Waals surface area contributed by atoms with Gasteiger partial charge in [-0.1, -0.05) is 99.9 Å². The highest BCUT2D eigenvalue weighted by Crippen LogP contribution is 2.13.